The summed E-state index contributed by atoms with van der Waals surface area (Å²) in [6.45, 7) is 1.87. The Hall–Kier alpha value is -1.30. The highest BCUT2D eigenvalue weighted by molar-refractivity contribution is 6.30. The number of fused-ring (bicyclic) bond motifs is 1. The molecular weight excluding hydrogens is 304 g/mol. The maximum absolute atomic E-state index is 12.1. The van der Waals surface area contributed by atoms with Gasteiger partial charge in [-0.3, -0.25) is 0 Å². The summed E-state index contributed by atoms with van der Waals surface area (Å²) in [5.74, 6) is 0.667. The van der Waals surface area contributed by atoms with Gasteiger partial charge in [-0.2, -0.15) is 0 Å². The average molecular weight is 325 g/mol. The molecule has 0 radical (unpaired) electrons. The molecule has 1 aromatic rings. The molecule has 1 heterocycles. The first-order valence-corrected chi connectivity index (χ1v) is 7.96. The van der Waals surface area contributed by atoms with E-state index in [-0.39, 0.29) is 24.1 Å². The summed E-state index contributed by atoms with van der Waals surface area (Å²) in [6, 6.07) is 7.43. The normalized spacial score (nSPS) is 29.5. The summed E-state index contributed by atoms with van der Waals surface area (Å²) in [7, 11) is 1.68. The highest BCUT2D eigenvalue weighted by Gasteiger charge is 2.54. The van der Waals surface area contributed by atoms with Crippen LogP contribution in [0.5, 0.6) is 0 Å². The molecule has 3 rings (SSSR count). The SMILES string of the molecule is COC[C@@H]1[C@H](NC(=O)NCc2ccc(Cl)cc2)[C@@H]2CCO[C@H]12. The Kier molecular flexibility index (Phi) is 4.86. The van der Waals surface area contributed by atoms with Crippen molar-refractivity contribution in [2.24, 2.45) is 11.8 Å². The zero-order chi connectivity index (χ0) is 15.5. The largest absolute Gasteiger partial charge is 0.384 e. The van der Waals surface area contributed by atoms with Crippen LogP contribution in [-0.2, 0) is 16.0 Å². The standard InChI is InChI=1S/C16H21ClN2O3/c1-21-9-13-14(12-6-7-22-15(12)13)19-16(20)18-8-10-2-4-11(17)5-3-10/h2-5,12-15H,6-9H2,1H3,(H2,18,19,20)/t12-,13+,14+,15-/m0/s1. The zero-order valence-corrected chi connectivity index (χ0v) is 13.3. The number of carbonyl (C=O) groups excluding carboxylic acids is 1. The summed E-state index contributed by atoms with van der Waals surface area (Å²) in [6.07, 6.45) is 1.24. The number of carbonyl (C=O) groups is 1. The third kappa shape index (κ3) is 3.21. The van der Waals surface area contributed by atoms with Gasteiger partial charge < -0.3 is 20.1 Å². The van der Waals surface area contributed by atoms with Crippen LogP contribution in [0.25, 0.3) is 0 Å². The quantitative estimate of drug-likeness (QED) is 0.873. The van der Waals surface area contributed by atoms with Gasteiger partial charge in [-0.15, -0.1) is 0 Å². The smallest absolute Gasteiger partial charge is 0.315 e. The van der Waals surface area contributed by atoms with Gasteiger partial charge in [-0.25, -0.2) is 4.79 Å². The van der Waals surface area contributed by atoms with Crippen LogP contribution in [0.2, 0.25) is 5.02 Å². The van der Waals surface area contributed by atoms with E-state index >= 15 is 0 Å². The third-order valence-electron chi connectivity index (χ3n) is 4.55. The maximum atomic E-state index is 12.1. The molecule has 1 saturated carbocycles. The molecule has 120 valence electrons. The lowest BCUT2D eigenvalue weighted by molar-refractivity contribution is -0.0802. The Balaban J connectivity index is 1.49. The molecule has 1 saturated heterocycles. The Labute approximate surface area is 135 Å². The molecule has 2 aliphatic rings. The lowest BCUT2D eigenvalue weighted by Crippen LogP contribution is -2.63. The Morgan fingerprint density at radius 3 is 2.91 bits per heavy atom. The highest BCUT2D eigenvalue weighted by atomic mass is 35.5. The minimum Gasteiger partial charge on any atom is -0.384 e. The van der Waals surface area contributed by atoms with Crippen molar-refractivity contribution in [1.82, 2.24) is 10.6 Å². The molecule has 1 aromatic carbocycles. The topological polar surface area (TPSA) is 59.6 Å². The minimum absolute atomic E-state index is 0.137. The number of urea groups is 1. The van der Waals surface area contributed by atoms with Crippen molar-refractivity contribution in [3.63, 3.8) is 0 Å². The fourth-order valence-corrected chi connectivity index (χ4v) is 3.55. The number of benzene rings is 1. The second-order valence-electron chi connectivity index (χ2n) is 5.89. The minimum atomic E-state index is -0.147. The molecule has 6 heteroatoms. The highest BCUT2D eigenvalue weighted by Crippen LogP contribution is 2.43. The average Bonchev–Trinajstić information content (AvgIpc) is 2.94. The van der Waals surface area contributed by atoms with Gasteiger partial charge in [0.05, 0.1) is 12.7 Å². The number of amides is 2. The van der Waals surface area contributed by atoms with Crippen LogP contribution >= 0.6 is 11.6 Å². The molecule has 5 nitrogen and oxygen atoms in total. The first kappa shape index (κ1) is 15.6. The molecule has 0 bridgehead atoms. The second-order valence-corrected chi connectivity index (χ2v) is 6.32. The van der Waals surface area contributed by atoms with Gasteiger partial charge in [-0.05, 0) is 24.1 Å². The Morgan fingerprint density at radius 2 is 2.18 bits per heavy atom. The summed E-state index contributed by atoms with van der Waals surface area (Å²) in [5, 5.41) is 6.65. The van der Waals surface area contributed by atoms with E-state index in [1.165, 1.54) is 0 Å². The van der Waals surface area contributed by atoms with Gasteiger partial charge in [0.2, 0.25) is 0 Å². The second kappa shape index (κ2) is 6.86. The van der Waals surface area contributed by atoms with Crippen molar-refractivity contribution in [2.75, 3.05) is 20.3 Å². The van der Waals surface area contributed by atoms with E-state index in [2.05, 4.69) is 10.6 Å². The zero-order valence-electron chi connectivity index (χ0n) is 12.5. The number of rotatable bonds is 5. The molecular formula is C16H21ClN2O3. The summed E-state index contributed by atoms with van der Waals surface area (Å²) >= 11 is 5.84. The van der Waals surface area contributed by atoms with Crippen LogP contribution in [0.4, 0.5) is 4.79 Å². The fourth-order valence-electron chi connectivity index (χ4n) is 3.42. The predicted molar refractivity (Wildman–Crippen MR) is 83.8 cm³/mol. The summed E-state index contributed by atoms with van der Waals surface area (Å²) in [5.41, 5.74) is 1.02. The van der Waals surface area contributed by atoms with Gasteiger partial charge >= 0.3 is 6.03 Å². The van der Waals surface area contributed by atoms with E-state index < -0.39 is 0 Å². The summed E-state index contributed by atoms with van der Waals surface area (Å²) < 4.78 is 10.9. The third-order valence-corrected chi connectivity index (χ3v) is 4.80. The van der Waals surface area contributed by atoms with Crippen molar-refractivity contribution in [1.29, 1.82) is 0 Å². The molecule has 0 aromatic heterocycles. The van der Waals surface area contributed by atoms with E-state index in [0.717, 1.165) is 18.6 Å². The van der Waals surface area contributed by atoms with Crippen molar-refractivity contribution >= 4 is 17.6 Å². The van der Waals surface area contributed by atoms with E-state index in [9.17, 15) is 4.79 Å². The van der Waals surface area contributed by atoms with Crippen LogP contribution in [0.3, 0.4) is 0 Å². The first-order valence-electron chi connectivity index (χ1n) is 7.58. The van der Waals surface area contributed by atoms with E-state index in [4.69, 9.17) is 21.1 Å². The molecule has 1 aliphatic carbocycles. The first-order chi connectivity index (χ1) is 10.7. The molecule has 0 spiro atoms. The van der Waals surface area contributed by atoms with Gasteiger partial charge in [0.1, 0.15) is 0 Å². The lowest BCUT2D eigenvalue weighted by Gasteiger charge is -2.47. The van der Waals surface area contributed by atoms with Crippen LogP contribution in [0.15, 0.2) is 24.3 Å². The number of halogens is 1. The van der Waals surface area contributed by atoms with E-state index in [1.807, 2.05) is 24.3 Å². The van der Waals surface area contributed by atoms with Gasteiger partial charge in [-0.1, -0.05) is 23.7 Å². The maximum Gasteiger partial charge on any atom is 0.315 e. The Morgan fingerprint density at radius 1 is 1.41 bits per heavy atom. The number of ether oxygens (including phenoxy) is 2. The number of hydrogen-bond donors (Lipinski definition) is 2. The number of nitrogens with one attached hydrogen (secondary N) is 2. The Bertz CT molecular complexity index is 523. The van der Waals surface area contributed by atoms with E-state index in [0.29, 0.717) is 24.1 Å². The predicted octanol–water partition coefficient (Wildman–Crippen LogP) is 2.19. The van der Waals surface area contributed by atoms with Gasteiger partial charge in [0, 0.05) is 43.2 Å². The van der Waals surface area contributed by atoms with Crippen molar-refractivity contribution in [3.05, 3.63) is 34.9 Å². The van der Waals surface area contributed by atoms with Crippen LogP contribution < -0.4 is 10.6 Å². The molecule has 1 aliphatic heterocycles. The molecule has 22 heavy (non-hydrogen) atoms. The van der Waals surface area contributed by atoms with Crippen LogP contribution in [0, 0.1) is 11.8 Å². The van der Waals surface area contributed by atoms with E-state index in [1.54, 1.807) is 7.11 Å². The molecule has 2 N–H and O–H groups in total. The number of hydrogen-bond acceptors (Lipinski definition) is 3. The van der Waals surface area contributed by atoms with Crippen molar-refractivity contribution in [3.8, 4) is 0 Å². The lowest BCUT2D eigenvalue weighted by atomic mass is 9.67. The van der Waals surface area contributed by atoms with Crippen molar-refractivity contribution < 1.29 is 14.3 Å². The molecule has 0 unspecified atom stereocenters. The van der Waals surface area contributed by atoms with Crippen LogP contribution in [0.1, 0.15) is 12.0 Å². The monoisotopic (exact) mass is 324 g/mol. The molecule has 2 fully saturated rings. The van der Waals surface area contributed by atoms with Crippen LogP contribution in [-0.4, -0.2) is 38.5 Å². The van der Waals surface area contributed by atoms with Gasteiger partial charge in [0.25, 0.3) is 0 Å². The van der Waals surface area contributed by atoms with Gasteiger partial charge in [0.15, 0.2) is 0 Å². The molecule has 4 atom stereocenters. The van der Waals surface area contributed by atoms with Crippen molar-refractivity contribution in [2.45, 2.75) is 25.1 Å². The number of methoxy groups -OCH3 is 1. The molecule has 2 amide bonds. The fraction of sp³-hybridized carbons (Fsp3) is 0.562. The summed E-state index contributed by atoms with van der Waals surface area (Å²) in [4.78, 5) is 12.1.